The molecular formula is C15H19NO4. The summed E-state index contributed by atoms with van der Waals surface area (Å²) in [5, 5.41) is 8.79. The number of hydrogen-bond donors (Lipinski definition) is 1. The molecule has 0 aliphatic carbocycles. The monoisotopic (exact) mass is 277 g/mol. The first kappa shape index (κ1) is 14.5. The normalized spacial score (nSPS) is 19.9. The van der Waals surface area contributed by atoms with Crippen molar-refractivity contribution < 1.29 is 19.4 Å². The lowest BCUT2D eigenvalue weighted by atomic mass is 9.99. The Labute approximate surface area is 118 Å². The number of rotatable bonds is 5. The van der Waals surface area contributed by atoms with Crippen LogP contribution in [0.5, 0.6) is 5.75 Å². The average molecular weight is 277 g/mol. The maximum atomic E-state index is 11.4. The van der Waals surface area contributed by atoms with E-state index in [0.29, 0.717) is 24.6 Å². The van der Waals surface area contributed by atoms with Crippen LogP contribution in [-0.2, 0) is 4.79 Å². The number of likely N-dealkylation sites (tertiary alicyclic amines) is 1. The van der Waals surface area contributed by atoms with Crippen molar-refractivity contribution >= 4 is 11.8 Å². The molecule has 0 aromatic heterocycles. The molecule has 1 aliphatic heterocycles. The van der Waals surface area contributed by atoms with E-state index in [4.69, 9.17) is 9.84 Å². The van der Waals surface area contributed by atoms with E-state index < -0.39 is 5.97 Å². The molecule has 1 atom stereocenters. The summed E-state index contributed by atoms with van der Waals surface area (Å²) in [6, 6.07) is 6.37. The van der Waals surface area contributed by atoms with Crippen LogP contribution in [0.25, 0.3) is 0 Å². The number of piperidine rings is 1. The third-order valence-electron chi connectivity index (χ3n) is 3.53. The summed E-state index contributed by atoms with van der Waals surface area (Å²) in [7, 11) is 0. The van der Waals surface area contributed by atoms with Crippen LogP contribution in [0.4, 0.5) is 0 Å². The Morgan fingerprint density at radius 1 is 1.40 bits per heavy atom. The molecule has 1 heterocycles. The van der Waals surface area contributed by atoms with E-state index in [-0.39, 0.29) is 11.5 Å². The van der Waals surface area contributed by atoms with E-state index in [0.717, 1.165) is 19.6 Å². The molecule has 1 aromatic carbocycles. The van der Waals surface area contributed by atoms with Gasteiger partial charge in [-0.2, -0.15) is 0 Å². The SMILES string of the molecule is CC1CN(CCOc2ccc(C(=O)O)cc2)CCC1=O. The Morgan fingerprint density at radius 2 is 2.10 bits per heavy atom. The van der Waals surface area contributed by atoms with Crippen LogP contribution in [0.1, 0.15) is 23.7 Å². The summed E-state index contributed by atoms with van der Waals surface area (Å²) in [5.74, 6) is 0.171. The fourth-order valence-corrected chi connectivity index (χ4v) is 2.28. The molecule has 1 fully saturated rings. The van der Waals surface area contributed by atoms with Gasteiger partial charge in [0.2, 0.25) is 0 Å². The summed E-state index contributed by atoms with van der Waals surface area (Å²) in [4.78, 5) is 24.4. The Kier molecular flexibility index (Phi) is 4.74. The maximum absolute atomic E-state index is 11.4. The standard InChI is InChI=1S/C15H19NO4/c1-11-10-16(7-6-14(11)17)8-9-20-13-4-2-12(3-5-13)15(18)19/h2-5,11H,6-10H2,1H3,(H,18,19). The van der Waals surface area contributed by atoms with Crippen molar-refractivity contribution in [2.24, 2.45) is 5.92 Å². The van der Waals surface area contributed by atoms with Gasteiger partial charge < -0.3 is 9.84 Å². The predicted octanol–water partition coefficient (Wildman–Crippen LogP) is 1.67. The molecule has 0 bridgehead atoms. The van der Waals surface area contributed by atoms with Gasteiger partial charge in [0.25, 0.3) is 0 Å². The predicted molar refractivity (Wildman–Crippen MR) is 74.1 cm³/mol. The second-order valence-electron chi connectivity index (χ2n) is 5.10. The van der Waals surface area contributed by atoms with E-state index in [1.165, 1.54) is 12.1 Å². The molecule has 0 spiro atoms. The van der Waals surface area contributed by atoms with Gasteiger partial charge in [0.1, 0.15) is 18.1 Å². The van der Waals surface area contributed by atoms with E-state index in [1.54, 1.807) is 12.1 Å². The molecule has 20 heavy (non-hydrogen) atoms. The molecule has 0 amide bonds. The van der Waals surface area contributed by atoms with Crippen molar-refractivity contribution in [1.82, 2.24) is 4.90 Å². The quantitative estimate of drug-likeness (QED) is 0.887. The number of ether oxygens (including phenoxy) is 1. The first-order valence-corrected chi connectivity index (χ1v) is 6.77. The zero-order chi connectivity index (χ0) is 14.5. The van der Waals surface area contributed by atoms with Crippen molar-refractivity contribution in [3.05, 3.63) is 29.8 Å². The van der Waals surface area contributed by atoms with E-state index >= 15 is 0 Å². The molecular weight excluding hydrogens is 258 g/mol. The Balaban J connectivity index is 1.75. The molecule has 1 saturated heterocycles. The Morgan fingerprint density at radius 3 is 2.70 bits per heavy atom. The van der Waals surface area contributed by atoms with Gasteiger partial charge in [-0.15, -0.1) is 0 Å². The molecule has 5 heteroatoms. The fourth-order valence-electron chi connectivity index (χ4n) is 2.28. The second kappa shape index (κ2) is 6.52. The first-order chi connectivity index (χ1) is 9.56. The molecule has 1 aromatic rings. The van der Waals surface area contributed by atoms with Crippen molar-refractivity contribution in [1.29, 1.82) is 0 Å². The van der Waals surface area contributed by atoms with Gasteiger partial charge in [-0.05, 0) is 24.3 Å². The average Bonchev–Trinajstić information content (AvgIpc) is 2.43. The Bertz CT molecular complexity index is 483. The van der Waals surface area contributed by atoms with Crippen LogP contribution >= 0.6 is 0 Å². The van der Waals surface area contributed by atoms with E-state index in [1.807, 2.05) is 6.92 Å². The molecule has 1 aliphatic rings. The highest BCUT2D eigenvalue weighted by atomic mass is 16.5. The number of benzene rings is 1. The Hall–Kier alpha value is -1.88. The number of carbonyl (C=O) groups is 2. The molecule has 1 N–H and O–H groups in total. The third-order valence-corrected chi connectivity index (χ3v) is 3.53. The minimum absolute atomic E-state index is 0.110. The van der Waals surface area contributed by atoms with Gasteiger partial charge in [-0.1, -0.05) is 6.92 Å². The lowest BCUT2D eigenvalue weighted by Gasteiger charge is -2.29. The fraction of sp³-hybridized carbons (Fsp3) is 0.467. The second-order valence-corrected chi connectivity index (χ2v) is 5.10. The highest BCUT2D eigenvalue weighted by molar-refractivity contribution is 5.87. The summed E-state index contributed by atoms with van der Waals surface area (Å²) >= 11 is 0. The van der Waals surface area contributed by atoms with Crippen molar-refractivity contribution in [2.75, 3.05) is 26.2 Å². The molecule has 0 saturated carbocycles. The zero-order valence-electron chi connectivity index (χ0n) is 11.5. The van der Waals surface area contributed by atoms with Crippen molar-refractivity contribution in [3.8, 4) is 5.75 Å². The summed E-state index contributed by atoms with van der Waals surface area (Å²) in [6.45, 7) is 4.86. The van der Waals surface area contributed by atoms with E-state index in [9.17, 15) is 9.59 Å². The van der Waals surface area contributed by atoms with Crippen LogP contribution in [0.3, 0.4) is 0 Å². The number of Topliss-reactive ketones (excluding diaryl/α,β-unsaturated/α-hetero) is 1. The van der Waals surface area contributed by atoms with Gasteiger partial charge in [0.15, 0.2) is 0 Å². The van der Waals surface area contributed by atoms with Gasteiger partial charge in [0.05, 0.1) is 5.56 Å². The van der Waals surface area contributed by atoms with E-state index in [2.05, 4.69) is 4.90 Å². The minimum Gasteiger partial charge on any atom is -0.492 e. The largest absolute Gasteiger partial charge is 0.492 e. The van der Waals surface area contributed by atoms with Gasteiger partial charge in [0, 0.05) is 32.0 Å². The van der Waals surface area contributed by atoms with Gasteiger partial charge in [-0.25, -0.2) is 4.79 Å². The smallest absolute Gasteiger partial charge is 0.335 e. The number of ketones is 1. The highest BCUT2D eigenvalue weighted by Crippen LogP contribution is 2.14. The topological polar surface area (TPSA) is 66.8 Å². The highest BCUT2D eigenvalue weighted by Gasteiger charge is 2.22. The number of aromatic carboxylic acids is 1. The molecule has 108 valence electrons. The van der Waals surface area contributed by atoms with Crippen molar-refractivity contribution in [3.63, 3.8) is 0 Å². The van der Waals surface area contributed by atoms with Crippen LogP contribution in [-0.4, -0.2) is 48.0 Å². The number of carbonyl (C=O) groups excluding carboxylic acids is 1. The number of hydrogen-bond acceptors (Lipinski definition) is 4. The molecule has 1 unspecified atom stereocenters. The number of carboxylic acid groups (broad SMARTS) is 1. The summed E-state index contributed by atoms with van der Waals surface area (Å²) in [5.41, 5.74) is 0.251. The van der Waals surface area contributed by atoms with Crippen LogP contribution in [0.15, 0.2) is 24.3 Å². The van der Waals surface area contributed by atoms with Crippen LogP contribution in [0, 0.1) is 5.92 Å². The molecule has 5 nitrogen and oxygen atoms in total. The molecule has 0 radical (unpaired) electrons. The third kappa shape index (κ3) is 3.81. The summed E-state index contributed by atoms with van der Waals surface area (Å²) < 4.78 is 5.59. The first-order valence-electron chi connectivity index (χ1n) is 6.77. The van der Waals surface area contributed by atoms with Crippen LogP contribution < -0.4 is 4.74 Å². The van der Waals surface area contributed by atoms with Crippen LogP contribution in [0.2, 0.25) is 0 Å². The van der Waals surface area contributed by atoms with Gasteiger partial charge >= 0.3 is 5.97 Å². The lowest BCUT2D eigenvalue weighted by molar-refractivity contribution is -0.125. The van der Waals surface area contributed by atoms with Gasteiger partial charge in [-0.3, -0.25) is 9.69 Å². The number of nitrogens with zero attached hydrogens (tertiary/aromatic N) is 1. The zero-order valence-corrected chi connectivity index (χ0v) is 11.5. The molecule has 2 rings (SSSR count). The van der Waals surface area contributed by atoms with Crippen molar-refractivity contribution in [2.45, 2.75) is 13.3 Å². The summed E-state index contributed by atoms with van der Waals surface area (Å²) in [6.07, 6.45) is 0.620. The minimum atomic E-state index is -0.941. The number of carboxylic acids is 1. The maximum Gasteiger partial charge on any atom is 0.335 e. The lowest BCUT2D eigenvalue weighted by Crippen LogP contribution is -2.41.